The van der Waals surface area contributed by atoms with Gasteiger partial charge in [0.05, 0.1) is 26.0 Å². The molecule has 0 radical (unpaired) electrons. The van der Waals surface area contributed by atoms with Gasteiger partial charge in [-0.2, -0.15) is 0 Å². The van der Waals surface area contributed by atoms with E-state index in [1.54, 1.807) is 18.2 Å². The molecule has 1 saturated carbocycles. The van der Waals surface area contributed by atoms with E-state index < -0.39 is 19.9 Å². The Labute approximate surface area is 190 Å². The topological polar surface area (TPSA) is 66.9 Å². The van der Waals surface area contributed by atoms with Crippen LogP contribution in [0.2, 0.25) is 18.1 Å². The number of epoxide rings is 1. The Morgan fingerprint density at radius 3 is 2.62 bits per heavy atom. The van der Waals surface area contributed by atoms with Crippen LogP contribution < -0.4 is 5.19 Å². The fourth-order valence-corrected chi connectivity index (χ4v) is 10.4. The van der Waals surface area contributed by atoms with E-state index in [9.17, 15) is 14.7 Å². The maximum Gasteiger partial charge on any atom is 0.171 e. The molecule has 1 saturated heterocycles. The summed E-state index contributed by atoms with van der Waals surface area (Å²) in [5, 5.41) is 12.0. The minimum Gasteiger partial charge on any atom is -0.512 e. The Bertz CT molecular complexity index is 1130. The number of ether oxygens (including phenoxy) is 1. The summed E-state index contributed by atoms with van der Waals surface area (Å²) in [6.07, 6.45) is 8.45. The molecule has 166 valence electrons. The Balaban J connectivity index is 1.38. The van der Waals surface area contributed by atoms with Crippen molar-refractivity contribution >= 4 is 24.8 Å². The Morgan fingerprint density at radius 1 is 1.12 bits per heavy atom. The molecule has 5 heteroatoms. The molecule has 1 N–H and O–H groups in total. The number of aliphatic hydroxyl groups is 1. The quantitative estimate of drug-likeness (QED) is 0.540. The average Bonchev–Trinajstić information content (AvgIpc) is 3.47. The molecule has 1 aromatic carbocycles. The number of Topliss-reactive ketones (excluding diaryl/α,β-unsaturated/α-hetero) is 2. The number of hydrogen-bond donors (Lipinski definition) is 1. The summed E-state index contributed by atoms with van der Waals surface area (Å²) in [4.78, 5) is 27.0. The highest BCUT2D eigenvalue weighted by Crippen LogP contribution is 2.68. The number of carbonyl (C=O) groups is 2. The molecular formula is C27H30O4Si. The van der Waals surface area contributed by atoms with Crippen LogP contribution in [-0.2, 0) is 14.3 Å². The monoisotopic (exact) mass is 446 g/mol. The fourth-order valence-electron chi connectivity index (χ4n) is 7.20. The first kappa shape index (κ1) is 20.4. The lowest BCUT2D eigenvalue weighted by molar-refractivity contribution is -0.129. The zero-order valence-electron chi connectivity index (χ0n) is 18.9. The Kier molecular flexibility index (Phi) is 4.09. The van der Waals surface area contributed by atoms with Crippen molar-refractivity contribution in [2.24, 2.45) is 17.8 Å². The van der Waals surface area contributed by atoms with Gasteiger partial charge in [-0.25, -0.2) is 0 Å². The number of ketones is 2. The van der Waals surface area contributed by atoms with Gasteiger partial charge in [0.15, 0.2) is 11.6 Å². The van der Waals surface area contributed by atoms with Crippen LogP contribution in [0, 0.1) is 17.8 Å². The molecule has 1 aliphatic heterocycles. The van der Waals surface area contributed by atoms with Crippen LogP contribution in [0.3, 0.4) is 0 Å². The van der Waals surface area contributed by atoms with Gasteiger partial charge in [-0.1, -0.05) is 67.7 Å². The summed E-state index contributed by atoms with van der Waals surface area (Å²) in [6.45, 7) is 7.36. The molecule has 1 spiro atoms. The van der Waals surface area contributed by atoms with Crippen molar-refractivity contribution in [2.45, 2.75) is 62.4 Å². The maximum absolute atomic E-state index is 13.6. The van der Waals surface area contributed by atoms with Crippen molar-refractivity contribution in [3.8, 4) is 0 Å². The number of benzene rings is 1. The number of carbonyl (C=O) groups excluding carboxylic acids is 2. The van der Waals surface area contributed by atoms with Gasteiger partial charge >= 0.3 is 0 Å². The first-order valence-electron chi connectivity index (χ1n) is 11.8. The highest BCUT2D eigenvalue weighted by molar-refractivity contribution is 6.92. The highest BCUT2D eigenvalue weighted by atomic mass is 28.3. The lowest BCUT2D eigenvalue weighted by Gasteiger charge is -2.52. The third-order valence-corrected chi connectivity index (χ3v) is 14.8. The number of fused-ring (bicyclic) bond motifs is 2. The summed E-state index contributed by atoms with van der Waals surface area (Å²) < 4.78 is 6.45. The molecule has 4 nitrogen and oxygen atoms in total. The van der Waals surface area contributed by atoms with Crippen molar-refractivity contribution in [3.05, 3.63) is 65.5 Å². The number of rotatable bonds is 2. The van der Waals surface area contributed by atoms with E-state index >= 15 is 0 Å². The van der Waals surface area contributed by atoms with Crippen LogP contribution in [0.1, 0.15) is 32.6 Å². The lowest BCUT2D eigenvalue weighted by atomic mass is 9.58. The van der Waals surface area contributed by atoms with E-state index in [2.05, 4.69) is 50.3 Å². The number of allylic oxidation sites excluding steroid dienone is 4. The minimum atomic E-state index is -1.81. The second-order valence-corrected chi connectivity index (χ2v) is 16.2. The second kappa shape index (κ2) is 6.42. The third-order valence-electron chi connectivity index (χ3n) is 9.57. The molecule has 6 rings (SSSR count). The Morgan fingerprint density at radius 2 is 1.88 bits per heavy atom. The van der Waals surface area contributed by atoms with Gasteiger partial charge in [-0.05, 0) is 30.4 Å². The van der Waals surface area contributed by atoms with Gasteiger partial charge in [0, 0.05) is 23.5 Å². The van der Waals surface area contributed by atoms with E-state index in [1.165, 1.54) is 5.19 Å². The smallest absolute Gasteiger partial charge is 0.171 e. The summed E-state index contributed by atoms with van der Waals surface area (Å²) in [7, 11) is -1.81. The molecule has 6 atom stereocenters. The molecule has 0 amide bonds. The normalized spacial score (nSPS) is 40.2. The zero-order valence-corrected chi connectivity index (χ0v) is 19.9. The fraction of sp³-hybridized carbons (Fsp3) is 0.481. The van der Waals surface area contributed by atoms with Gasteiger partial charge in [-0.3, -0.25) is 9.59 Å². The van der Waals surface area contributed by atoms with Crippen molar-refractivity contribution in [1.82, 2.24) is 0 Å². The van der Waals surface area contributed by atoms with E-state index in [4.69, 9.17) is 4.74 Å². The van der Waals surface area contributed by atoms with Gasteiger partial charge in [0.1, 0.15) is 11.4 Å². The molecule has 5 aliphatic rings. The molecule has 4 aliphatic carbocycles. The molecule has 1 heterocycles. The minimum absolute atomic E-state index is 0.00347. The Hall–Kier alpha value is -2.24. The SMILES string of the molecule is CC1([Si](C)(C)c2ccccc2)CCC2C3=C(CC4OC42C1)C(=O)C1C(O)=CC=CC1C3=O. The molecule has 2 fully saturated rings. The second-order valence-electron chi connectivity index (χ2n) is 11.2. The first-order chi connectivity index (χ1) is 15.2. The van der Waals surface area contributed by atoms with E-state index in [0.29, 0.717) is 12.0 Å². The summed E-state index contributed by atoms with van der Waals surface area (Å²) in [6, 6.07) is 10.9. The van der Waals surface area contributed by atoms with Crippen LogP contribution in [0.4, 0.5) is 0 Å². The summed E-state index contributed by atoms with van der Waals surface area (Å²) in [5.74, 6) is -1.33. The van der Waals surface area contributed by atoms with Crippen LogP contribution >= 0.6 is 0 Å². The van der Waals surface area contributed by atoms with Crippen molar-refractivity contribution < 1.29 is 19.4 Å². The lowest BCUT2D eigenvalue weighted by Crippen LogP contribution is -2.57. The van der Waals surface area contributed by atoms with E-state index in [-0.39, 0.29) is 40.0 Å². The summed E-state index contributed by atoms with van der Waals surface area (Å²) >= 11 is 0. The van der Waals surface area contributed by atoms with Gasteiger partial charge < -0.3 is 9.84 Å². The van der Waals surface area contributed by atoms with Gasteiger partial charge in [0.2, 0.25) is 0 Å². The van der Waals surface area contributed by atoms with Crippen LogP contribution in [0.15, 0.2) is 65.5 Å². The molecule has 6 unspecified atom stereocenters. The van der Waals surface area contributed by atoms with Gasteiger partial charge in [-0.15, -0.1) is 0 Å². The highest BCUT2D eigenvalue weighted by Gasteiger charge is 2.71. The molecule has 32 heavy (non-hydrogen) atoms. The third kappa shape index (κ3) is 2.47. The predicted molar refractivity (Wildman–Crippen MR) is 125 cm³/mol. The average molecular weight is 447 g/mol. The number of aliphatic hydroxyl groups excluding tert-OH is 1. The zero-order chi connectivity index (χ0) is 22.5. The van der Waals surface area contributed by atoms with Crippen LogP contribution in [0.25, 0.3) is 0 Å². The standard InChI is InChI=1S/C27H30O4Si/c1-26(32(2,3)16-8-5-4-6-9-16)13-12-19-22-18(14-21-27(19,15-26)31-21)25(30)23-17(24(22)29)10-7-11-20(23)28/h4-11,17,19,21,23,28H,12-15H2,1-3H3. The molecule has 0 bridgehead atoms. The van der Waals surface area contributed by atoms with Crippen molar-refractivity contribution in [3.63, 3.8) is 0 Å². The maximum atomic E-state index is 13.6. The number of hydrogen-bond acceptors (Lipinski definition) is 4. The first-order valence-corrected chi connectivity index (χ1v) is 14.8. The van der Waals surface area contributed by atoms with E-state index in [1.807, 2.05) is 0 Å². The molecule has 0 aromatic heterocycles. The van der Waals surface area contributed by atoms with Crippen molar-refractivity contribution in [1.29, 1.82) is 0 Å². The van der Waals surface area contributed by atoms with Crippen LogP contribution in [0.5, 0.6) is 0 Å². The molecular weight excluding hydrogens is 416 g/mol. The van der Waals surface area contributed by atoms with Gasteiger partial charge in [0.25, 0.3) is 0 Å². The van der Waals surface area contributed by atoms with Crippen LogP contribution in [-0.4, -0.2) is 36.5 Å². The van der Waals surface area contributed by atoms with E-state index in [0.717, 1.165) is 24.8 Å². The molecule has 1 aromatic rings. The summed E-state index contributed by atoms with van der Waals surface area (Å²) in [5.41, 5.74) is 1.06. The largest absolute Gasteiger partial charge is 0.512 e. The van der Waals surface area contributed by atoms with Crippen molar-refractivity contribution in [2.75, 3.05) is 0 Å². The predicted octanol–water partition coefficient (Wildman–Crippen LogP) is 4.40.